The molecule has 1 fully saturated rings. The highest BCUT2D eigenvalue weighted by Gasteiger charge is 2.26. The van der Waals surface area contributed by atoms with Crippen molar-refractivity contribution in [1.82, 2.24) is 4.90 Å². The Balaban J connectivity index is 1.35. The van der Waals surface area contributed by atoms with Crippen molar-refractivity contribution < 1.29 is 13.6 Å². The molecule has 4 rings (SSSR count). The van der Waals surface area contributed by atoms with E-state index in [9.17, 15) is 13.6 Å². The molecule has 6 heteroatoms. The number of thiophene rings is 1. The van der Waals surface area contributed by atoms with Crippen LogP contribution in [0.4, 0.5) is 14.5 Å². The van der Waals surface area contributed by atoms with Crippen molar-refractivity contribution in [2.75, 3.05) is 18.4 Å². The largest absolute Gasteiger partial charge is 0.326 e. The van der Waals surface area contributed by atoms with E-state index in [1.165, 1.54) is 10.9 Å². The number of anilines is 1. The molecule has 1 N–H and O–H groups in total. The van der Waals surface area contributed by atoms with Gasteiger partial charge in [-0.3, -0.25) is 9.69 Å². The molecule has 1 aliphatic heterocycles. The molecule has 0 aliphatic carbocycles. The molecule has 0 saturated carbocycles. The Hall–Kier alpha value is -2.57. The number of hydrogen-bond acceptors (Lipinski definition) is 3. The Labute approximate surface area is 173 Å². The van der Waals surface area contributed by atoms with Crippen molar-refractivity contribution in [3.8, 4) is 10.4 Å². The lowest BCUT2D eigenvalue weighted by molar-refractivity contribution is -0.121. The summed E-state index contributed by atoms with van der Waals surface area (Å²) < 4.78 is 26.6. The maximum absolute atomic E-state index is 13.4. The van der Waals surface area contributed by atoms with Crippen LogP contribution < -0.4 is 5.32 Å². The van der Waals surface area contributed by atoms with Gasteiger partial charge in [-0.15, -0.1) is 11.3 Å². The summed E-state index contributed by atoms with van der Waals surface area (Å²) in [5, 5.41) is 5.06. The van der Waals surface area contributed by atoms with Crippen molar-refractivity contribution >= 4 is 22.9 Å². The molecule has 1 aliphatic rings. The lowest BCUT2D eigenvalue weighted by Crippen LogP contribution is -2.40. The third-order valence-corrected chi connectivity index (χ3v) is 6.14. The molecule has 150 valence electrons. The van der Waals surface area contributed by atoms with Gasteiger partial charge in [0.15, 0.2) is 11.6 Å². The van der Waals surface area contributed by atoms with Gasteiger partial charge in [0.1, 0.15) is 0 Å². The minimum Gasteiger partial charge on any atom is -0.326 e. The summed E-state index contributed by atoms with van der Waals surface area (Å²) in [5.74, 6) is -1.79. The summed E-state index contributed by atoms with van der Waals surface area (Å²) in [6.07, 6.45) is 1.73. The fraction of sp³-hybridized carbons (Fsp3) is 0.261. The predicted molar refractivity (Wildman–Crippen MR) is 113 cm³/mol. The minimum atomic E-state index is -0.838. The fourth-order valence-corrected chi connectivity index (χ4v) is 4.45. The van der Waals surface area contributed by atoms with Crippen molar-refractivity contribution in [2.45, 2.75) is 19.4 Å². The summed E-state index contributed by atoms with van der Waals surface area (Å²) in [6.45, 7) is 1.97. The van der Waals surface area contributed by atoms with Gasteiger partial charge in [0, 0.05) is 23.7 Å². The van der Waals surface area contributed by atoms with Gasteiger partial charge < -0.3 is 5.32 Å². The summed E-state index contributed by atoms with van der Waals surface area (Å²) in [5.41, 5.74) is 2.63. The Morgan fingerprint density at radius 2 is 1.93 bits per heavy atom. The molecule has 0 radical (unpaired) electrons. The van der Waals surface area contributed by atoms with Crippen molar-refractivity contribution in [1.29, 1.82) is 0 Å². The third-order valence-electron chi connectivity index (χ3n) is 5.22. The fourth-order valence-electron chi connectivity index (χ4n) is 3.71. The molecule has 0 bridgehead atoms. The average molecular weight is 413 g/mol. The van der Waals surface area contributed by atoms with E-state index < -0.39 is 11.6 Å². The van der Waals surface area contributed by atoms with Gasteiger partial charge in [-0.2, -0.15) is 0 Å². The Bertz CT molecular complexity index is 973. The van der Waals surface area contributed by atoms with E-state index in [0.29, 0.717) is 18.7 Å². The Morgan fingerprint density at radius 3 is 2.66 bits per heavy atom. The number of benzene rings is 2. The summed E-state index contributed by atoms with van der Waals surface area (Å²) in [7, 11) is 0. The van der Waals surface area contributed by atoms with Crippen molar-refractivity contribution in [2.24, 2.45) is 5.92 Å². The second kappa shape index (κ2) is 8.84. The zero-order valence-corrected chi connectivity index (χ0v) is 16.7. The van der Waals surface area contributed by atoms with Crippen LogP contribution in [0.2, 0.25) is 0 Å². The summed E-state index contributed by atoms with van der Waals surface area (Å²) >= 11 is 1.68. The van der Waals surface area contributed by atoms with E-state index in [-0.39, 0.29) is 11.8 Å². The first-order chi connectivity index (χ1) is 14.1. The van der Waals surface area contributed by atoms with Gasteiger partial charge in [-0.1, -0.05) is 24.3 Å². The number of piperidine rings is 1. The lowest BCUT2D eigenvalue weighted by Gasteiger charge is -2.32. The quantitative estimate of drug-likeness (QED) is 0.596. The topological polar surface area (TPSA) is 32.3 Å². The highest BCUT2D eigenvalue weighted by molar-refractivity contribution is 7.13. The van der Waals surface area contributed by atoms with Gasteiger partial charge in [0.25, 0.3) is 0 Å². The summed E-state index contributed by atoms with van der Waals surface area (Å²) in [6, 6.07) is 15.9. The van der Waals surface area contributed by atoms with Crippen LogP contribution in [0, 0.1) is 17.6 Å². The monoisotopic (exact) mass is 412 g/mol. The van der Waals surface area contributed by atoms with E-state index in [2.05, 4.69) is 16.3 Å². The molecule has 3 aromatic rings. The second-order valence-corrected chi connectivity index (χ2v) is 8.31. The molecule has 2 aromatic carbocycles. The average Bonchev–Trinajstić information content (AvgIpc) is 3.26. The van der Waals surface area contributed by atoms with Crippen molar-refractivity contribution in [3.63, 3.8) is 0 Å². The first kappa shape index (κ1) is 19.7. The van der Waals surface area contributed by atoms with Crippen LogP contribution in [0.1, 0.15) is 18.4 Å². The molecule has 0 spiro atoms. The number of nitrogens with one attached hydrogen (secondary N) is 1. The lowest BCUT2D eigenvalue weighted by atomic mass is 9.96. The second-order valence-electron chi connectivity index (χ2n) is 7.37. The molecule has 2 heterocycles. The van der Waals surface area contributed by atoms with Gasteiger partial charge in [0.2, 0.25) is 5.91 Å². The zero-order valence-electron chi connectivity index (χ0n) is 15.9. The van der Waals surface area contributed by atoms with Crippen molar-refractivity contribution in [3.05, 3.63) is 77.2 Å². The first-order valence-electron chi connectivity index (χ1n) is 9.69. The number of carbonyl (C=O) groups is 1. The molecule has 1 aromatic heterocycles. The SMILES string of the molecule is O=C(Nc1ccc(-c2cccs2)cc1)C1CCCN(Cc2ccc(F)c(F)c2)C1. The maximum Gasteiger partial charge on any atom is 0.228 e. The molecular formula is C23H22F2N2OS. The Morgan fingerprint density at radius 1 is 1.10 bits per heavy atom. The van der Waals surface area contributed by atoms with E-state index in [0.717, 1.165) is 36.7 Å². The van der Waals surface area contributed by atoms with Crippen LogP contribution in [-0.2, 0) is 11.3 Å². The molecule has 1 unspecified atom stereocenters. The number of carbonyl (C=O) groups excluding carboxylic acids is 1. The molecule has 3 nitrogen and oxygen atoms in total. The minimum absolute atomic E-state index is 0.00357. The van der Waals surface area contributed by atoms with Crippen LogP contribution in [-0.4, -0.2) is 23.9 Å². The van der Waals surface area contributed by atoms with Crippen LogP contribution in [0.25, 0.3) is 10.4 Å². The smallest absolute Gasteiger partial charge is 0.228 e. The van der Waals surface area contributed by atoms with Crippen LogP contribution in [0.5, 0.6) is 0 Å². The summed E-state index contributed by atoms with van der Waals surface area (Å²) in [4.78, 5) is 16.1. The highest BCUT2D eigenvalue weighted by Crippen LogP contribution is 2.26. The number of rotatable bonds is 5. The standard InChI is InChI=1S/C23H22F2N2OS/c24-20-10-5-16(13-21(20)25)14-27-11-1-3-18(15-27)23(28)26-19-8-6-17(7-9-19)22-4-2-12-29-22/h2,4-10,12-13,18H,1,3,11,14-15H2,(H,26,28). The molecular weight excluding hydrogens is 390 g/mol. The molecule has 1 saturated heterocycles. The van der Waals surface area contributed by atoms with Crippen LogP contribution in [0.15, 0.2) is 60.0 Å². The first-order valence-corrected chi connectivity index (χ1v) is 10.6. The number of amides is 1. The molecule has 1 atom stereocenters. The Kier molecular flexibility index (Phi) is 6.02. The molecule has 29 heavy (non-hydrogen) atoms. The maximum atomic E-state index is 13.4. The highest BCUT2D eigenvalue weighted by atomic mass is 32.1. The van der Waals surface area contributed by atoms with E-state index >= 15 is 0 Å². The number of halogens is 2. The van der Waals surface area contributed by atoms with Gasteiger partial charge in [-0.05, 0) is 66.2 Å². The number of hydrogen-bond donors (Lipinski definition) is 1. The van der Waals surface area contributed by atoms with Gasteiger partial charge >= 0.3 is 0 Å². The zero-order chi connectivity index (χ0) is 20.2. The van der Waals surface area contributed by atoms with E-state index in [4.69, 9.17) is 0 Å². The van der Waals surface area contributed by atoms with Gasteiger partial charge in [0.05, 0.1) is 5.92 Å². The van der Waals surface area contributed by atoms with Crippen LogP contribution in [0.3, 0.4) is 0 Å². The van der Waals surface area contributed by atoms with Crippen LogP contribution >= 0.6 is 11.3 Å². The number of likely N-dealkylation sites (tertiary alicyclic amines) is 1. The van der Waals surface area contributed by atoms with E-state index in [1.807, 2.05) is 35.7 Å². The number of nitrogens with zero attached hydrogens (tertiary/aromatic N) is 1. The van der Waals surface area contributed by atoms with E-state index in [1.54, 1.807) is 17.4 Å². The normalized spacial score (nSPS) is 17.2. The molecule has 1 amide bonds. The third kappa shape index (κ3) is 4.89. The van der Waals surface area contributed by atoms with Gasteiger partial charge in [-0.25, -0.2) is 8.78 Å². The predicted octanol–water partition coefficient (Wildman–Crippen LogP) is 5.54.